The zero-order valence-corrected chi connectivity index (χ0v) is 21.1. The maximum atomic E-state index is 12.6. The van der Waals surface area contributed by atoms with Gasteiger partial charge in [0, 0.05) is 0 Å². The highest BCUT2D eigenvalue weighted by atomic mass is 32.2. The van der Waals surface area contributed by atoms with Gasteiger partial charge in [-0.2, -0.15) is 15.1 Å². The Kier molecular flexibility index (Phi) is 7.55. The molecule has 0 aromatic heterocycles. The molecule has 0 bridgehead atoms. The molecule has 2 aromatic carbocycles. The Morgan fingerprint density at radius 1 is 1.06 bits per heavy atom. The van der Waals surface area contributed by atoms with Gasteiger partial charge in [0.2, 0.25) is 5.17 Å². The van der Waals surface area contributed by atoms with Crippen molar-refractivity contribution in [2.24, 2.45) is 10.1 Å². The summed E-state index contributed by atoms with van der Waals surface area (Å²) in [5, 5.41) is 15.5. The normalized spacial score (nSPS) is 16.2. The third-order valence-corrected chi connectivity index (χ3v) is 6.48. The molecule has 0 saturated heterocycles. The van der Waals surface area contributed by atoms with Crippen LogP contribution >= 0.6 is 11.8 Å². The Bertz CT molecular complexity index is 1250. The van der Waals surface area contributed by atoms with Crippen molar-refractivity contribution in [2.45, 2.75) is 33.6 Å². The minimum absolute atomic E-state index is 0.00905. The number of amides is 1. The van der Waals surface area contributed by atoms with Crippen LogP contribution in [-0.2, 0) is 11.2 Å². The highest BCUT2D eigenvalue weighted by molar-refractivity contribution is 8.26. The van der Waals surface area contributed by atoms with Crippen LogP contribution in [0, 0.1) is 12.3 Å². The lowest BCUT2D eigenvalue weighted by Gasteiger charge is -2.20. The Hall–Kier alpha value is -3.59. The van der Waals surface area contributed by atoms with Crippen LogP contribution in [0.2, 0.25) is 0 Å². The van der Waals surface area contributed by atoms with E-state index in [2.05, 4.69) is 30.0 Å². The third kappa shape index (κ3) is 5.57. The van der Waals surface area contributed by atoms with Crippen molar-refractivity contribution in [1.29, 1.82) is 5.41 Å². The molecule has 2 aromatic rings. The zero-order chi connectivity index (χ0) is 24.9. The van der Waals surface area contributed by atoms with Gasteiger partial charge in [-0.25, -0.2) is 0 Å². The quantitative estimate of drug-likeness (QED) is 0.389. The lowest BCUT2D eigenvalue weighted by molar-refractivity contribution is -0.114. The van der Waals surface area contributed by atoms with E-state index in [1.165, 1.54) is 27.9 Å². The topological polar surface area (TPSA) is 96.6 Å². The predicted octanol–water partition coefficient (Wildman–Crippen LogP) is 5.05. The van der Waals surface area contributed by atoms with Gasteiger partial charge in [-0.1, -0.05) is 26.0 Å². The SMILES string of the molecule is CCC1=NN2C(=N)/C(=C/c3ccc(OCCOc4cc(C)cc(CC)c4)c(OC)c3)C(=O)N=C2S1. The lowest BCUT2D eigenvalue weighted by atomic mass is 10.1. The minimum Gasteiger partial charge on any atom is -0.493 e. The van der Waals surface area contributed by atoms with Crippen molar-refractivity contribution < 1.29 is 19.0 Å². The van der Waals surface area contributed by atoms with Crippen molar-refractivity contribution in [3.63, 3.8) is 0 Å². The molecule has 1 amide bonds. The van der Waals surface area contributed by atoms with E-state index in [0.29, 0.717) is 35.4 Å². The molecule has 0 spiro atoms. The summed E-state index contributed by atoms with van der Waals surface area (Å²) in [5.41, 5.74) is 3.26. The smallest absolute Gasteiger partial charge is 0.283 e. The van der Waals surface area contributed by atoms with E-state index < -0.39 is 5.91 Å². The summed E-state index contributed by atoms with van der Waals surface area (Å²) in [6.07, 6.45) is 3.29. The second-order valence-corrected chi connectivity index (χ2v) is 9.02. The molecule has 0 fully saturated rings. The van der Waals surface area contributed by atoms with E-state index in [4.69, 9.17) is 19.6 Å². The number of aryl methyl sites for hydroxylation is 2. The molecule has 1 N–H and O–H groups in total. The monoisotopic (exact) mass is 492 g/mol. The summed E-state index contributed by atoms with van der Waals surface area (Å²) >= 11 is 1.32. The fourth-order valence-electron chi connectivity index (χ4n) is 3.66. The molecule has 0 aliphatic carbocycles. The number of carbonyl (C=O) groups is 1. The van der Waals surface area contributed by atoms with Crippen molar-refractivity contribution in [1.82, 2.24) is 5.01 Å². The molecule has 0 atom stereocenters. The van der Waals surface area contributed by atoms with Crippen molar-refractivity contribution in [3.05, 3.63) is 58.7 Å². The van der Waals surface area contributed by atoms with Crippen LogP contribution in [0.25, 0.3) is 6.08 Å². The Labute approximate surface area is 209 Å². The standard InChI is InChI=1S/C26H28N4O4S/c1-5-17-11-16(3)12-19(13-17)33-9-10-34-21-8-7-18(15-22(21)32-4)14-20-24(27)30-26(28-25(20)31)35-23(6-2)29-30/h7-8,11-15,27H,5-6,9-10H2,1-4H3/b20-14-,27-24?. The van der Waals surface area contributed by atoms with Crippen molar-refractivity contribution >= 4 is 39.8 Å². The molecule has 2 aliphatic heterocycles. The lowest BCUT2D eigenvalue weighted by Crippen LogP contribution is -2.35. The number of thioether (sulfide) groups is 1. The summed E-state index contributed by atoms with van der Waals surface area (Å²) in [6, 6.07) is 11.5. The number of amidine groups is 2. The zero-order valence-electron chi connectivity index (χ0n) is 20.3. The van der Waals surface area contributed by atoms with E-state index in [1.807, 2.05) is 19.1 Å². The molecule has 0 saturated carbocycles. The highest BCUT2D eigenvalue weighted by Gasteiger charge is 2.35. The first-order valence-electron chi connectivity index (χ1n) is 11.4. The largest absolute Gasteiger partial charge is 0.493 e. The van der Waals surface area contributed by atoms with Gasteiger partial charge in [-0.3, -0.25) is 10.2 Å². The Morgan fingerprint density at radius 3 is 2.60 bits per heavy atom. The number of nitrogens with one attached hydrogen (secondary N) is 1. The number of benzene rings is 2. The number of carbonyl (C=O) groups excluding carboxylic acids is 1. The van der Waals surface area contributed by atoms with Crippen LogP contribution < -0.4 is 14.2 Å². The molecule has 35 heavy (non-hydrogen) atoms. The summed E-state index contributed by atoms with van der Waals surface area (Å²) in [6.45, 7) is 6.88. The van der Waals surface area contributed by atoms with Gasteiger partial charge in [-0.15, -0.1) is 0 Å². The predicted molar refractivity (Wildman–Crippen MR) is 140 cm³/mol. The third-order valence-electron chi connectivity index (χ3n) is 5.43. The van der Waals surface area contributed by atoms with Gasteiger partial charge in [0.15, 0.2) is 17.3 Å². The van der Waals surface area contributed by atoms with Gasteiger partial charge in [0.25, 0.3) is 5.91 Å². The molecule has 9 heteroatoms. The molecule has 2 aliphatic rings. The number of hydrazone groups is 1. The second-order valence-electron chi connectivity index (χ2n) is 7.98. The van der Waals surface area contributed by atoms with Crippen LogP contribution in [0.15, 0.2) is 52.1 Å². The van der Waals surface area contributed by atoms with E-state index in [1.54, 1.807) is 31.4 Å². The number of ether oxygens (including phenoxy) is 3. The highest BCUT2D eigenvalue weighted by Crippen LogP contribution is 2.32. The average molecular weight is 493 g/mol. The first-order valence-corrected chi connectivity index (χ1v) is 12.3. The second kappa shape index (κ2) is 10.8. The molecule has 8 nitrogen and oxygen atoms in total. The summed E-state index contributed by atoms with van der Waals surface area (Å²) < 4.78 is 17.2. The van der Waals surface area contributed by atoms with Crippen LogP contribution in [0.3, 0.4) is 0 Å². The fourth-order valence-corrected chi connectivity index (χ4v) is 4.48. The van der Waals surface area contributed by atoms with E-state index >= 15 is 0 Å². The number of methoxy groups -OCH3 is 1. The van der Waals surface area contributed by atoms with Crippen LogP contribution in [0.1, 0.15) is 37.0 Å². The Morgan fingerprint density at radius 2 is 1.86 bits per heavy atom. The number of hydrogen-bond donors (Lipinski definition) is 1. The van der Waals surface area contributed by atoms with Gasteiger partial charge < -0.3 is 14.2 Å². The molecule has 0 unspecified atom stereocenters. The van der Waals surface area contributed by atoms with Crippen LogP contribution in [-0.4, -0.2) is 47.3 Å². The maximum absolute atomic E-state index is 12.6. The van der Waals surface area contributed by atoms with Gasteiger partial charge >= 0.3 is 0 Å². The minimum atomic E-state index is -0.458. The fraction of sp³-hybridized carbons (Fsp3) is 0.308. The molecular weight excluding hydrogens is 464 g/mol. The first kappa shape index (κ1) is 24.5. The summed E-state index contributed by atoms with van der Waals surface area (Å²) in [4.78, 5) is 16.7. The van der Waals surface area contributed by atoms with Gasteiger partial charge in [-0.05, 0) is 78.6 Å². The maximum Gasteiger partial charge on any atom is 0.283 e. The number of aliphatic imine (C=N–C) groups is 1. The van der Waals surface area contributed by atoms with Crippen molar-refractivity contribution in [2.75, 3.05) is 20.3 Å². The molecule has 4 rings (SSSR count). The van der Waals surface area contributed by atoms with Gasteiger partial charge in [0.1, 0.15) is 24.0 Å². The average Bonchev–Trinajstić information content (AvgIpc) is 3.27. The Balaban J connectivity index is 1.43. The molecule has 2 heterocycles. The molecule has 0 radical (unpaired) electrons. The summed E-state index contributed by atoms with van der Waals surface area (Å²) in [5.74, 6) is 1.46. The van der Waals surface area contributed by atoms with E-state index in [-0.39, 0.29) is 11.4 Å². The summed E-state index contributed by atoms with van der Waals surface area (Å²) in [7, 11) is 1.56. The number of fused-ring (bicyclic) bond motifs is 1. The first-order chi connectivity index (χ1) is 16.9. The van der Waals surface area contributed by atoms with Crippen molar-refractivity contribution in [3.8, 4) is 17.2 Å². The molecular formula is C26H28N4O4S. The molecule has 182 valence electrons. The van der Waals surface area contributed by atoms with Gasteiger partial charge in [0.05, 0.1) is 12.7 Å². The van der Waals surface area contributed by atoms with Crippen LogP contribution in [0.4, 0.5) is 0 Å². The van der Waals surface area contributed by atoms with Crippen LogP contribution in [0.5, 0.6) is 17.2 Å². The van der Waals surface area contributed by atoms with E-state index in [9.17, 15) is 4.79 Å². The van der Waals surface area contributed by atoms with E-state index in [0.717, 1.165) is 23.6 Å². The number of rotatable bonds is 9. The number of hydrogen-bond acceptors (Lipinski definition) is 7. The number of nitrogens with zero attached hydrogens (tertiary/aromatic N) is 3.